The molecule has 0 saturated carbocycles. The van der Waals surface area contributed by atoms with Crippen molar-refractivity contribution in [3.8, 4) is 0 Å². The van der Waals surface area contributed by atoms with Crippen LogP contribution in [0.3, 0.4) is 0 Å². The van der Waals surface area contributed by atoms with Gasteiger partial charge in [0.1, 0.15) is 6.61 Å². The summed E-state index contributed by atoms with van der Waals surface area (Å²) in [4.78, 5) is 21.2. The molecule has 3 nitrogen and oxygen atoms in total. The van der Waals surface area contributed by atoms with Gasteiger partial charge in [-0.1, -0.05) is 30.3 Å². The largest absolute Gasteiger partial charge is 0.455 e. The van der Waals surface area contributed by atoms with E-state index in [2.05, 4.69) is 0 Å². The molecule has 0 aromatic heterocycles. The molecule has 0 N–H and O–H groups in total. The highest BCUT2D eigenvalue weighted by Gasteiger charge is 2.07. The average Bonchev–Trinajstić information content (AvgIpc) is 2.15. The van der Waals surface area contributed by atoms with Crippen molar-refractivity contribution in [2.24, 2.45) is 0 Å². The second-order valence-electron chi connectivity index (χ2n) is 2.62. The van der Waals surface area contributed by atoms with Gasteiger partial charge in [0.15, 0.2) is 0 Å². The van der Waals surface area contributed by atoms with Gasteiger partial charge < -0.3 is 4.74 Å². The quantitative estimate of drug-likeness (QED) is 0.399. The van der Waals surface area contributed by atoms with Crippen LogP contribution in [0.4, 0.5) is 0 Å². The highest BCUT2D eigenvalue weighted by atomic mass is 16.5. The van der Waals surface area contributed by atoms with E-state index in [4.69, 9.17) is 4.74 Å². The van der Waals surface area contributed by atoms with Crippen LogP contribution >= 0.6 is 0 Å². The lowest BCUT2D eigenvalue weighted by molar-refractivity contribution is -0.153. The Bertz CT molecular complexity index is 303. The van der Waals surface area contributed by atoms with Crippen LogP contribution in [0.1, 0.15) is 12.5 Å². The maximum Gasteiger partial charge on any atom is 0.374 e. The van der Waals surface area contributed by atoms with Crippen molar-refractivity contribution in [1.29, 1.82) is 0 Å². The predicted molar refractivity (Wildman–Crippen MR) is 46.9 cm³/mol. The Morgan fingerprint density at radius 3 is 2.38 bits per heavy atom. The van der Waals surface area contributed by atoms with Crippen molar-refractivity contribution in [3.05, 3.63) is 35.9 Å². The van der Waals surface area contributed by atoms with Crippen LogP contribution in [-0.4, -0.2) is 11.8 Å². The molecule has 0 aliphatic heterocycles. The Balaban J connectivity index is 2.44. The van der Waals surface area contributed by atoms with Crippen molar-refractivity contribution in [3.63, 3.8) is 0 Å². The molecule has 68 valence electrons. The zero-order chi connectivity index (χ0) is 9.68. The molecule has 0 unspecified atom stereocenters. The van der Waals surface area contributed by atoms with Gasteiger partial charge in [-0.2, -0.15) is 0 Å². The summed E-state index contributed by atoms with van der Waals surface area (Å²) in [6, 6.07) is 9.21. The first-order valence-electron chi connectivity index (χ1n) is 3.92. The first-order chi connectivity index (χ1) is 6.20. The molecular weight excluding hydrogens is 169 g/mol. The van der Waals surface area contributed by atoms with Crippen molar-refractivity contribution < 1.29 is 14.3 Å². The maximum atomic E-state index is 10.7. The third kappa shape index (κ3) is 3.07. The molecule has 0 heterocycles. The minimum Gasteiger partial charge on any atom is -0.455 e. The van der Waals surface area contributed by atoms with Crippen LogP contribution in [0.2, 0.25) is 0 Å². The molecule has 0 aliphatic carbocycles. The Morgan fingerprint density at radius 1 is 1.23 bits per heavy atom. The molecule has 1 rings (SSSR count). The summed E-state index contributed by atoms with van der Waals surface area (Å²) < 4.78 is 4.70. The summed E-state index contributed by atoms with van der Waals surface area (Å²) >= 11 is 0. The van der Waals surface area contributed by atoms with E-state index in [-0.39, 0.29) is 6.61 Å². The standard InChI is InChI=1S/C10H10O3/c1-8(11)10(12)13-7-9-5-3-2-4-6-9/h2-6H,7H2,1H3/i1+1. The molecule has 0 fully saturated rings. The lowest BCUT2D eigenvalue weighted by atomic mass is 10.2. The summed E-state index contributed by atoms with van der Waals surface area (Å²) in [7, 11) is 0. The van der Waals surface area contributed by atoms with Crippen LogP contribution in [0, 0.1) is 0 Å². The normalized spacial score (nSPS) is 9.31. The van der Waals surface area contributed by atoms with Crippen molar-refractivity contribution in [2.45, 2.75) is 13.5 Å². The number of carbonyl (C=O) groups excluding carboxylic acids is 2. The Labute approximate surface area is 76.3 Å². The van der Waals surface area contributed by atoms with Crippen LogP contribution < -0.4 is 0 Å². The van der Waals surface area contributed by atoms with E-state index in [1.165, 1.54) is 6.92 Å². The number of hydrogen-bond donors (Lipinski definition) is 0. The van der Waals surface area contributed by atoms with Crippen molar-refractivity contribution >= 4 is 11.8 Å². The van der Waals surface area contributed by atoms with Gasteiger partial charge in [0.25, 0.3) is 0 Å². The van der Waals surface area contributed by atoms with Gasteiger partial charge in [0.05, 0.1) is 0 Å². The molecular formula is C10H10O3. The number of ether oxygens (including phenoxy) is 1. The summed E-state index contributed by atoms with van der Waals surface area (Å²) in [5.74, 6) is -1.36. The smallest absolute Gasteiger partial charge is 0.374 e. The van der Waals surface area contributed by atoms with Gasteiger partial charge in [-0.25, -0.2) is 4.79 Å². The maximum absolute atomic E-state index is 10.7. The second-order valence-corrected chi connectivity index (χ2v) is 2.62. The van der Waals surface area contributed by atoms with E-state index in [0.29, 0.717) is 0 Å². The Morgan fingerprint density at radius 2 is 1.85 bits per heavy atom. The monoisotopic (exact) mass is 179 g/mol. The minimum atomic E-state index is -0.788. The summed E-state index contributed by atoms with van der Waals surface area (Å²) in [6.07, 6.45) is 0. The molecule has 13 heavy (non-hydrogen) atoms. The average molecular weight is 179 g/mol. The summed E-state index contributed by atoms with van der Waals surface area (Å²) in [5.41, 5.74) is 0.872. The molecule has 0 saturated heterocycles. The van der Waals surface area contributed by atoms with Crippen molar-refractivity contribution in [2.75, 3.05) is 0 Å². The van der Waals surface area contributed by atoms with E-state index < -0.39 is 11.8 Å². The number of rotatable bonds is 3. The fourth-order valence-corrected chi connectivity index (χ4v) is 0.825. The lowest BCUT2D eigenvalue weighted by Crippen LogP contribution is -2.13. The molecule has 0 atom stereocenters. The highest BCUT2D eigenvalue weighted by molar-refractivity contribution is 6.32. The van der Waals surface area contributed by atoms with E-state index in [9.17, 15) is 9.59 Å². The van der Waals surface area contributed by atoms with Crippen LogP contribution in [0.15, 0.2) is 30.3 Å². The number of hydrogen-bond acceptors (Lipinski definition) is 3. The summed E-state index contributed by atoms with van der Waals surface area (Å²) in [6.45, 7) is 1.34. The zero-order valence-corrected chi connectivity index (χ0v) is 7.32. The van der Waals surface area contributed by atoms with E-state index in [1.54, 1.807) is 0 Å². The first kappa shape index (κ1) is 9.45. The predicted octanol–water partition coefficient (Wildman–Crippen LogP) is 1.32. The lowest BCUT2D eigenvalue weighted by Gasteiger charge is -2.01. The van der Waals surface area contributed by atoms with Crippen LogP contribution in [0.5, 0.6) is 0 Å². The highest BCUT2D eigenvalue weighted by Crippen LogP contribution is 2.00. The molecule has 0 amide bonds. The topological polar surface area (TPSA) is 43.4 Å². The van der Waals surface area contributed by atoms with Gasteiger partial charge in [-0.15, -0.1) is 0 Å². The fraction of sp³-hybridized carbons (Fsp3) is 0.200. The van der Waals surface area contributed by atoms with E-state index >= 15 is 0 Å². The van der Waals surface area contributed by atoms with E-state index in [1.807, 2.05) is 30.3 Å². The number of esters is 1. The van der Waals surface area contributed by atoms with E-state index in [0.717, 1.165) is 5.56 Å². The SMILES string of the molecule is [13CH3]C(=O)C(=O)OCc1ccccc1. The van der Waals surface area contributed by atoms with Gasteiger partial charge in [-0.05, 0) is 5.56 Å². The Hall–Kier alpha value is -1.64. The minimum absolute atomic E-state index is 0.152. The third-order valence-electron chi connectivity index (χ3n) is 1.50. The number of ketones is 1. The molecule has 0 spiro atoms. The molecule has 0 bridgehead atoms. The molecule has 1 aromatic rings. The van der Waals surface area contributed by atoms with Gasteiger partial charge in [0.2, 0.25) is 5.78 Å². The van der Waals surface area contributed by atoms with Crippen LogP contribution in [-0.2, 0) is 20.9 Å². The van der Waals surface area contributed by atoms with Gasteiger partial charge >= 0.3 is 5.97 Å². The van der Waals surface area contributed by atoms with Crippen LogP contribution in [0.25, 0.3) is 0 Å². The molecule has 3 heteroatoms. The fourth-order valence-electron chi connectivity index (χ4n) is 0.825. The molecule has 1 aromatic carbocycles. The van der Waals surface area contributed by atoms with Gasteiger partial charge in [0, 0.05) is 6.92 Å². The third-order valence-corrected chi connectivity index (χ3v) is 1.50. The Kier molecular flexibility index (Phi) is 3.20. The molecule has 0 aliphatic rings. The second kappa shape index (κ2) is 4.40. The van der Waals surface area contributed by atoms with Crippen molar-refractivity contribution in [1.82, 2.24) is 0 Å². The number of carbonyl (C=O) groups is 2. The first-order valence-corrected chi connectivity index (χ1v) is 3.92. The number of Topliss-reactive ketones (excluding diaryl/α,β-unsaturated/α-hetero) is 1. The molecule has 0 radical (unpaired) electrons. The number of benzene rings is 1. The zero-order valence-electron chi connectivity index (χ0n) is 7.32. The summed E-state index contributed by atoms with van der Waals surface area (Å²) in [5, 5.41) is 0. The van der Waals surface area contributed by atoms with Gasteiger partial charge in [-0.3, -0.25) is 4.79 Å².